The lowest BCUT2D eigenvalue weighted by molar-refractivity contribution is -0.383. The number of nitrogens with zero attached hydrogens (tertiary/aromatic N) is 4. The van der Waals surface area contributed by atoms with Gasteiger partial charge in [-0.3, -0.25) is 10.1 Å². The Bertz CT molecular complexity index is 620. The first-order valence-electron chi connectivity index (χ1n) is 12.7. The molecule has 7 heteroatoms. The van der Waals surface area contributed by atoms with E-state index >= 15 is 0 Å². The van der Waals surface area contributed by atoms with Gasteiger partial charge in [-0.2, -0.15) is 0 Å². The monoisotopic (exact) mass is 433 g/mol. The van der Waals surface area contributed by atoms with E-state index in [4.69, 9.17) is 0 Å². The van der Waals surface area contributed by atoms with Crippen molar-refractivity contribution in [2.45, 2.75) is 110 Å². The normalized spacial score (nSPS) is 13.6. The van der Waals surface area contributed by atoms with Gasteiger partial charge in [-0.25, -0.2) is 9.97 Å². The van der Waals surface area contributed by atoms with Crippen LogP contribution < -0.4 is 10.2 Å². The van der Waals surface area contributed by atoms with Crippen LogP contribution >= 0.6 is 0 Å². The molecular weight excluding hydrogens is 390 g/mol. The van der Waals surface area contributed by atoms with E-state index in [-0.39, 0.29) is 10.6 Å². The zero-order valence-corrected chi connectivity index (χ0v) is 19.6. The predicted octanol–water partition coefficient (Wildman–Crippen LogP) is 6.88. The van der Waals surface area contributed by atoms with Gasteiger partial charge in [0.15, 0.2) is 0 Å². The van der Waals surface area contributed by atoms with E-state index in [1.165, 1.54) is 83.4 Å². The summed E-state index contributed by atoms with van der Waals surface area (Å²) in [4.78, 5) is 21.6. The van der Waals surface area contributed by atoms with Crippen LogP contribution in [0.1, 0.15) is 110 Å². The largest absolute Gasteiger partial charge is 0.364 e. The fourth-order valence-electron chi connectivity index (χ4n) is 4.35. The van der Waals surface area contributed by atoms with Crippen molar-refractivity contribution in [2.24, 2.45) is 0 Å². The third-order valence-corrected chi connectivity index (χ3v) is 6.21. The Hall–Kier alpha value is -1.92. The van der Waals surface area contributed by atoms with Crippen LogP contribution in [0.15, 0.2) is 6.33 Å². The summed E-state index contributed by atoms with van der Waals surface area (Å²) >= 11 is 0. The zero-order valence-electron chi connectivity index (χ0n) is 19.6. The molecule has 2 heterocycles. The van der Waals surface area contributed by atoms with Crippen molar-refractivity contribution < 1.29 is 4.92 Å². The number of hydrogen-bond acceptors (Lipinski definition) is 6. The summed E-state index contributed by atoms with van der Waals surface area (Å²) in [5, 5.41) is 14.8. The van der Waals surface area contributed by atoms with E-state index in [1.54, 1.807) is 0 Å². The van der Waals surface area contributed by atoms with Gasteiger partial charge in [0.1, 0.15) is 6.33 Å². The minimum Gasteiger partial charge on any atom is -0.364 e. The van der Waals surface area contributed by atoms with Crippen LogP contribution in [0.25, 0.3) is 0 Å². The molecule has 0 radical (unpaired) electrons. The Morgan fingerprint density at radius 2 is 1.39 bits per heavy atom. The van der Waals surface area contributed by atoms with Crippen LogP contribution in [0.3, 0.4) is 0 Å². The lowest BCUT2D eigenvalue weighted by Crippen LogP contribution is -2.21. The molecule has 0 bridgehead atoms. The quantitative estimate of drug-likeness (QED) is 0.154. The number of nitro groups is 1. The molecule has 0 atom stereocenters. The number of anilines is 2. The molecule has 7 nitrogen and oxygen atoms in total. The van der Waals surface area contributed by atoms with Gasteiger partial charge < -0.3 is 10.2 Å². The Kier molecular flexibility index (Phi) is 12.9. The van der Waals surface area contributed by atoms with Crippen LogP contribution in [0.2, 0.25) is 0 Å². The highest BCUT2D eigenvalue weighted by atomic mass is 16.6. The van der Waals surface area contributed by atoms with Gasteiger partial charge in [0, 0.05) is 19.6 Å². The molecule has 0 amide bonds. The molecule has 0 saturated carbocycles. The summed E-state index contributed by atoms with van der Waals surface area (Å²) in [7, 11) is 0. The van der Waals surface area contributed by atoms with Gasteiger partial charge in [0.2, 0.25) is 11.6 Å². The summed E-state index contributed by atoms with van der Waals surface area (Å²) in [5.74, 6) is 0.817. The highest BCUT2D eigenvalue weighted by molar-refractivity contribution is 5.70. The van der Waals surface area contributed by atoms with E-state index in [0.717, 1.165) is 45.3 Å². The number of unbranched alkanes of at least 4 members (excludes halogenated alkanes) is 13. The Morgan fingerprint density at radius 1 is 0.871 bits per heavy atom. The fraction of sp³-hybridized carbons (Fsp3) is 0.833. The lowest BCUT2D eigenvalue weighted by atomic mass is 10.0. The molecule has 1 aromatic rings. The molecule has 0 spiro atoms. The summed E-state index contributed by atoms with van der Waals surface area (Å²) < 4.78 is 0. The molecule has 1 aromatic heterocycles. The lowest BCUT2D eigenvalue weighted by Gasteiger charge is -2.17. The van der Waals surface area contributed by atoms with Gasteiger partial charge in [0.05, 0.1) is 4.92 Å². The summed E-state index contributed by atoms with van der Waals surface area (Å²) in [6, 6.07) is 0. The molecule has 2 rings (SSSR count). The first kappa shape index (κ1) is 25.3. The minimum absolute atomic E-state index is 0.0229. The maximum Gasteiger partial charge on any atom is 0.353 e. The molecule has 176 valence electrons. The van der Waals surface area contributed by atoms with Gasteiger partial charge in [-0.1, -0.05) is 90.4 Å². The second kappa shape index (κ2) is 15.8. The van der Waals surface area contributed by atoms with Gasteiger partial charge in [0.25, 0.3) is 0 Å². The Morgan fingerprint density at radius 3 is 1.90 bits per heavy atom. The molecule has 0 aromatic carbocycles. The summed E-state index contributed by atoms with van der Waals surface area (Å²) in [6.07, 6.45) is 22.1. The highest BCUT2D eigenvalue weighted by Gasteiger charge is 2.28. The second-order valence-corrected chi connectivity index (χ2v) is 8.87. The van der Waals surface area contributed by atoms with Gasteiger partial charge >= 0.3 is 5.69 Å². The predicted molar refractivity (Wildman–Crippen MR) is 129 cm³/mol. The van der Waals surface area contributed by atoms with Gasteiger partial charge in [-0.15, -0.1) is 0 Å². The number of rotatable bonds is 18. The van der Waals surface area contributed by atoms with Crippen LogP contribution in [0.4, 0.5) is 17.3 Å². The third-order valence-electron chi connectivity index (χ3n) is 6.21. The Balaban J connectivity index is 1.52. The smallest absolute Gasteiger partial charge is 0.353 e. The standard InChI is InChI=1S/C24H43N5O2/c1-2-3-4-5-6-7-8-9-10-11-12-13-14-15-18-25-23-22(29(30)31)24(27-21-26-23)28-19-16-17-20-28/h21H,2-20H2,1H3,(H,25,26,27). The summed E-state index contributed by atoms with van der Waals surface area (Å²) in [5.41, 5.74) is 0.0229. The molecule has 1 fully saturated rings. The molecule has 1 aliphatic rings. The van der Waals surface area contributed by atoms with Gasteiger partial charge in [-0.05, 0) is 19.3 Å². The van der Waals surface area contributed by atoms with Crippen LogP contribution in [-0.2, 0) is 0 Å². The maximum atomic E-state index is 11.6. The SMILES string of the molecule is CCCCCCCCCCCCCCCCNc1ncnc(N2CCCC2)c1[N+](=O)[O-]. The molecule has 0 aliphatic carbocycles. The van der Waals surface area contributed by atoms with Crippen molar-refractivity contribution in [2.75, 3.05) is 29.9 Å². The van der Waals surface area contributed by atoms with Crippen molar-refractivity contribution in [3.63, 3.8) is 0 Å². The number of nitrogens with one attached hydrogen (secondary N) is 1. The van der Waals surface area contributed by atoms with E-state index in [1.807, 2.05) is 4.90 Å². The van der Waals surface area contributed by atoms with Crippen molar-refractivity contribution in [3.05, 3.63) is 16.4 Å². The van der Waals surface area contributed by atoms with Crippen LogP contribution in [0, 0.1) is 10.1 Å². The zero-order chi connectivity index (χ0) is 22.2. The number of hydrogen-bond donors (Lipinski definition) is 1. The van der Waals surface area contributed by atoms with E-state index in [9.17, 15) is 10.1 Å². The maximum absolute atomic E-state index is 11.6. The van der Waals surface area contributed by atoms with Crippen molar-refractivity contribution >= 4 is 17.3 Å². The Labute approximate surface area is 188 Å². The van der Waals surface area contributed by atoms with E-state index < -0.39 is 0 Å². The third kappa shape index (κ3) is 9.83. The first-order valence-corrected chi connectivity index (χ1v) is 12.7. The molecule has 1 saturated heterocycles. The van der Waals surface area contributed by atoms with E-state index in [2.05, 4.69) is 22.2 Å². The topological polar surface area (TPSA) is 84.2 Å². The molecular formula is C24H43N5O2. The van der Waals surface area contributed by atoms with Crippen molar-refractivity contribution in [3.8, 4) is 0 Å². The first-order chi connectivity index (χ1) is 15.2. The van der Waals surface area contributed by atoms with Crippen molar-refractivity contribution in [1.29, 1.82) is 0 Å². The van der Waals surface area contributed by atoms with Crippen molar-refractivity contribution in [1.82, 2.24) is 9.97 Å². The molecule has 31 heavy (non-hydrogen) atoms. The molecule has 1 aliphatic heterocycles. The summed E-state index contributed by atoms with van der Waals surface area (Å²) in [6.45, 7) is 4.65. The average molecular weight is 434 g/mol. The second-order valence-electron chi connectivity index (χ2n) is 8.87. The molecule has 0 unspecified atom stereocenters. The highest BCUT2D eigenvalue weighted by Crippen LogP contribution is 2.33. The number of aromatic nitrogens is 2. The van der Waals surface area contributed by atoms with Crippen LogP contribution in [-0.4, -0.2) is 34.5 Å². The van der Waals surface area contributed by atoms with E-state index in [0.29, 0.717) is 11.6 Å². The van der Waals surface area contributed by atoms with Crippen LogP contribution in [0.5, 0.6) is 0 Å². The fourth-order valence-corrected chi connectivity index (χ4v) is 4.35. The average Bonchev–Trinajstić information content (AvgIpc) is 3.31. The minimum atomic E-state index is -0.346. The molecule has 1 N–H and O–H groups in total.